The van der Waals surface area contributed by atoms with Gasteiger partial charge < -0.3 is 9.32 Å². The lowest BCUT2D eigenvalue weighted by molar-refractivity contribution is -0.131. The van der Waals surface area contributed by atoms with Crippen LogP contribution in [0.4, 0.5) is 0 Å². The van der Waals surface area contributed by atoms with Gasteiger partial charge in [0, 0.05) is 29.9 Å². The third-order valence-electron chi connectivity index (χ3n) is 5.62. The SMILES string of the molecule is Cc1cc(C)c2c(CC(=O)N3CCCC3c3nc(-c4cnccn4)n[nH]3)coc2c1. The van der Waals surface area contributed by atoms with Gasteiger partial charge in [-0.3, -0.25) is 14.9 Å². The fraction of sp³-hybridized carbons (Fsp3) is 0.318. The van der Waals surface area contributed by atoms with E-state index in [1.54, 1.807) is 24.9 Å². The van der Waals surface area contributed by atoms with Crippen molar-refractivity contribution < 1.29 is 9.21 Å². The Hall–Kier alpha value is -3.55. The van der Waals surface area contributed by atoms with E-state index in [1.165, 1.54) is 0 Å². The zero-order valence-corrected chi connectivity index (χ0v) is 16.9. The van der Waals surface area contributed by atoms with E-state index in [2.05, 4.69) is 38.1 Å². The van der Waals surface area contributed by atoms with Gasteiger partial charge in [-0.25, -0.2) is 9.97 Å². The van der Waals surface area contributed by atoms with Gasteiger partial charge in [-0.1, -0.05) is 6.07 Å². The lowest BCUT2D eigenvalue weighted by Crippen LogP contribution is -2.32. The molecule has 1 unspecified atom stereocenters. The summed E-state index contributed by atoms with van der Waals surface area (Å²) in [6.45, 7) is 4.81. The molecule has 1 N–H and O–H groups in total. The third kappa shape index (κ3) is 3.24. The highest BCUT2D eigenvalue weighted by atomic mass is 16.3. The molecule has 4 heterocycles. The minimum absolute atomic E-state index is 0.0672. The maximum absolute atomic E-state index is 13.2. The number of aromatic nitrogens is 5. The fourth-order valence-corrected chi connectivity index (χ4v) is 4.32. The minimum Gasteiger partial charge on any atom is -0.464 e. The van der Waals surface area contributed by atoms with Crippen LogP contribution in [-0.2, 0) is 11.2 Å². The Bertz CT molecular complexity index is 1210. The number of rotatable bonds is 4. The number of hydrogen-bond donors (Lipinski definition) is 1. The molecule has 0 bridgehead atoms. The monoisotopic (exact) mass is 402 g/mol. The first-order valence-corrected chi connectivity index (χ1v) is 10.1. The van der Waals surface area contributed by atoms with Crippen molar-refractivity contribution in [3.8, 4) is 11.5 Å². The number of aromatic amines is 1. The van der Waals surface area contributed by atoms with Gasteiger partial charge in [-0.2, -0.15) is 5.10 Å². The Morgan fingerprint density at radius 1 is 1.30 bits per heavy atom. The molecule has 1 aliphatic rings. The fourth-order valence-electron chi connectivity index (χ4n) is 4.32. The van der Waals surface area contributed by atoms with E-state index < -0.39 is 0 Å². The first kappa shape index (κ1) is 18.5. The molecule has 5 rings (SSSR count). The molecule has 0 radical (unpaired) electrons. The second-order valence-corrected chi connectivity index (χ2v) is 7.77. The number of carbonyl (C=O) groups is 1. The van der Waals surface area contributed by atoms with Crippen molar-refractivity contribution in [1.82, 2.24) is 30.0 Å². The van der Waals surface area contributed by atoms with E-state index in [9.17, 15) is 4.79 Å². The Balaban J connectivity index is 1.38. The zero-order valence-electron chi connectivity index (χ0n) is 16.9. The first-order chi connectivity index (χ1) is 14.6. The summed E-state index contributed by atoms with van der Waals surface area (Å²) in [6.07, 6.45) is 8.64. The van der Waals surface area contributed by atoms with Gasteiger partial charge in [0.05, 0.1) is 24.9 Å². The molecule has 0 aliphatic carbocycles. The van der Waals surface area contributed by atoms with Crippen LogP contribution < -0.4 is 0 Å². The summed E-state index contributed by atoms with van der Waals surface area (Å²) >= 11 is 0. The summed E-state index contributed by atoms with van der Waals surface area (Å²) in [6, 6.07) is 4.02. The van der Waals surface area contributed by atoms with Gasteiger partial charge in [0.2, 0.25) is 11.7 Å². The third-order valence-corrected chi connectivity index (χ3v) is 5.62. The Kier molecular flexibility index (Phi) is 4.54. The summed E-state index contributed by atoms with van der Waals surface area (Å²) in [5.74, 6) is 1.24. The standard InChI is InChI=1S/C22H22N6O2/c1-13-8-14(2)20-15(12-30-18(20)9-13)10-19(29)28-7-3-4-17(28)22-25-21(26-27-22)16-11-23-5-6-24-16/h5-6,8-9,11-12,17H,3-4,7,10H2,1-2H3,(H,25,26,27). The van der Waals surface area contributed by atoms with Crippen LogP contribution in [0, 0.1) is 13.8 Å². The van der Waals surface area contributed by atoms with Crippen molar-refractivity contribution in [2.24, 2.45) is 0 Å². The molecule has 1 amide bonds. The van der Waals surface area contributed by atoms with Gasteiger partial charge in [0.15, 0.2) is 0 Å². The highest BCUT2D eigenvalue weighted by Gasteiger charge is 2.33. The molecule has 1 fully saturated rings. The van der Waals surface area contributed by atoms with E-state index in [4.69, 9.17) is 4.42 Å². The topological polar surface area (TPSA) is 101 Å². The van der Waals surface area contributed by atoms with Gasteiger partial charge in [-0.15, -0.1) is 0 Å². The van der Waals surface area contributed by atoms with Gasteiger partial charge in [0.1, 0.15) is 17.1 Å². The predicted molar refractivity (Wildman–Crippen MR) is 110 cm³/mol. The van der Waals surface area contributed by atoms with Crippen LogP contribution in [-0.4, -0.2) is 42.5 Å². The van der Waals surface area contributed by atoms with Crippen LogP contribution in [0.1, 0.15) is 41.4 Å². The number of hydrogen-bond acceptors (Lipinski definition) is 6. The van der Waals surface area contributed by atoms with E-state index in [0.717, 1.165) is 40.5 Å². The van der Waals surface area contributed by atoms with E-state index in [-0.39, 0.29) is 11.9 Å². The lowest BCUT2D eigenvalue weighted by Gasteiger charge is -2.22. The number of nitrogens with zero attached hydrogens (tertiary/aromatic N) is 5. The smallest absolute Gasteiger partial charge is 0.227 e. The van der Waals surface area contributed by atoms with Crippen LogP contribution in [0.3, 0.4) is 0 Å². The van der Waals surface area contributed by atoms with Gasteiger partial charge >= 0.3 is 0 Å². The molecule has 1 atom stereocenters. The molecule has 4 aromatic rings. The van der Waals surface area contributed by atoms with Crippen molar-refractivity contribution in [1.29, 1.82) is 0 Å². The molecule has 152 valence electrons. The Labute approximate surface area is 173 Å². The Morgan fingerprint density at radius 3 is 3.03 bits per heavy atom. The average Bonchev–Trinajstić information content (AvgIpc) is 3.48. The quantitative estimate of drug-likeness (QED) is 0.560. The molecular formula is C22H22N6O2. The van der Waals surface area contributed by atoms with Gasteiger partial charge in [0.25, 0.3) is 0 Å². The molecule has 8 nitrogen and oxygen atoms in total. The Morgan fingerprint density at radius 2 is 2.20 bits per heavy atom. The number of amides is 1. The molecule has 0 saturated carbocycles. The molecule has 1 aromatic carbocycles. The van der Waals surface area contributed by atoms with Crippen molar-refractivity contribution in [2.75, 3.05) is 6.54 Å². The number of fused-ring (bicyclic) bond motifs is 1. The number of aryl methyl sites for hydroxylation is 2. The number of furan rings is 1. The molecule has 8 heteroatoms. The van der Waals surface area contributed by atoms with E-state index in [0.29, 0.717) is 30.3 Å². The molecular weight excluding hydrogens is 380 g/mol. The number of H-pyrrole nitrogens is 1. The summed E-state index contributed by atoms with van der Waals surface area (Å²) in [5.41, 5.74) is 4.64. The molecule has 1 aliphatic heterocycles. The van der Waals surface area contributed by atoms with Crippen LogP contribution in [0.5, 0.6) is 0 Å². The molecule has 30 heavy (non-hydrogen) atoms. The minimum atomic E-state index is -0.114. The van der Waals surface area contributed by atoms with Crippen molar-refractivity contribution in [3.63, 3.8) is 0 Å². The average molecular weight is 402 g/mol. The van der Waals surface area contributed by atoms with Crippen molar-refractivity contribution in [3.05, 3.63) is 59.5 Å². The number of carbonyl (C=O) groups excluding carboxylic acids is 1. The molecule has 3 aromatic heterocycles. The summed E-state index contributed by atoms with van der Waals surface area (Å²) in [5, 5.41) is 8.30. The summed E-state index contributed by atoms with van der Waals surface area (Å²) in [7, 11) is 0. The summed E-state index contributed by atoms with van der Waals surface area (Å²) < 4.78 is 5.73. The zero-order chi connectivity index (χ0) is 20.7. The second kappa shape index (κ2) is 7.37. The lowest BCUT2D eigenvalue weighted by atomic mass is 10.0. The van der Waals surface area contributed by atoms with Crippen molar-refractivity contribution in [2.45, 2.75) is 39.2 Å². The predicted octanol–water partition coefficient (Wildman–Crippen LogP) is 3.53. The van der Waals surface area contributed by atoms with Gasteiger partial charge in [-0.05, 0) is 43.9 Å². The first-order valence-electron chi connectivity index (χ1n) is 10.1. The highest BCUT2D eigenvalue weighted by molar-refractivity contribution is 5.90. The second-order valence-electron chi connectivity index (χ2n) is 7.77. The van der Waals surface area contributed by atoms with E-state index in [1.807, 2.05) is 17.9 Å². The largest absolute Gasteiger partial charge is 0.464 e. The maximum atomic E-state index is 13.2. The highest BCUT2D eigenvalue weighted by Crippen LogP contribution is 2.32. The van der Waals surface area contributed by atoms with Crippen molar-refractivity contribution >= 4 is 16.9 Å². The van der Waals surface area contributed by atoms with E-state index >= 15 is 0 Å². The molecule has 0 spiro atoms. The normalized spacial score (nSPS) is 16.5. The summed E-state index contributed by atoms with van der Waals surface area (Å²) in [4.78, 5) is 28.0. The maximum Gasteiger partial charge on any atom is 0.227 e. The number of likely N-dealkylation sites (tertiary alicyclic amines) is 1. The van der Waals surface area contributed by atoms with Crippen LogP contribution in [0.2, 0.25) is 0 Å². The molecule has 1 saturated heterocycles. The van der Waals surface area contributed by atoms with Crippen LogP contribution in [0.15, 0.2) is 41.4 Å². The number of nitrogens with one attached hydrogen (secondary N) is 1. The van der Waals surface area contributed by atoms with Crippen LogP contribution >= 0.6 is 0 Å². The van der Waals surface area contributed by atoms with Crippen LogP contribution in [0.25, 0.3) is 22.5 Å². The number of benzene rings is 1.